The SMILES string of the molecule is [2H]C([2H])([2H])C([2H])(O)c1ccc2c(c1)ncn2-c1cccc(-c2cccnc2F)c1. The molecule has 5 heteroatoms. The monoisotopic (exact) mass is 337 g/mol. The van der Waals surface area contributed by atoms with Crippen LogP contribution in [-0.4, -0.2) is 19.6 Å². The van der Waals surface area contributed by atoms with Gasteiger partial charge in [0.15, 0.2) is 0 Å². The lowest BCUT2D eigenvalue weighted by atomic mass is 10.1. The highest BCUT2D eigenvalue weighted by atomic mass is 19.1. The van der Waals surface area contributed by atoms with Crippen molar-refractivity contribution >= 4 is 11.0 Å². The van der Waals surface area contributed by atoms with Crippen molar-refractivity contribution in [3.8, 4) is 16.8 Å². The van der Waals surface area contributed by atoms with Crippen molar-refractivity contribution in [2.75, 3.05) is 0 Å². The van der Waals surface area contributed by atoms with E-state index in [2.05, 4.69) is 9.97 Å². The molecule has 2 aromatic heterocycles. The van der Waals surface area contributed by atoms with Crippen molar-refractivity contribution in [3.05, 3.63) is 78.6 Å². The zero-order valence-electron chi connectivity index (χ0n) is 17.0. The molecular formula is C20H16FN3O. The van der Waals surface area contributed by atoms with Gasteiger partial charge >= 0.3 is 0 Å². The first-order valence-corrected chi connectivity index (χ1v) is 7.60. The first-order valence-electron chi connectivity index (χ1n) is 9.60. The van der Waals surface area contributed by atoms with E-state index >= 15 is 0 Å². The lowest BCUT2D eigenvalue weighted by molar-refractivity contribution is 0.199. The summed E-state index contributed by atoms with van der Waals surface area (Å²) in [5.41, 5.74) is 2.75. The highest BCUT2D eigenvalue weighted by molar-refractivity contribution is 5.79. The second-order valence-electron chi connectivity index (χ2n) is 5.56. The van der Waals surface area contributed by atoms with Crippen molar-refractivity contribution in [2.24, 2.45) is 0 Å². The summed E-state index contributed by atoms with van der Waals surface area (Å²) in [5, 5.41) is 10.1. The van der Waals surface area contributed by atoms with Crippen LogP contribution in [-0.2, 0) is 0 Å². The maximum absolute atomic E-state index is 14.0. The van der Waals surface area contributed by atoms with Crippen LogP contribution < -0.4 is 0 Å². The average molecular weight is 337 g/mol. The molecule has 124 valence electrons. The molecule has 1 unspecified atom stereocenters. The van der Waals surface area contributed by atoms with Crippen LogP contribution in [0.4, 0.5) is 4.39 Å². The van der Waals surface area contributed by atoms with Gasteiger partial charge in [-0.3, -0.25) is 4.57 Å². The molecule has 25 heavy (non-hydrogen) atoms. The Bertz CT molecular complexity index is 1200. The van der Waals surface area contributed by atoms with Crippen LogP contribution in [0.15, 0.2) is 67.1 Å². The van der Waals surface area contributed by atoms with Gasteiger partial charge in [0.05, 0.1) is 18.5 Å². The molecule has 0 amide bonds. The van der Waals surface area contributed by atoms with Crippen LogP contribution in [0.2, 0.25) is 0 Å². The molecule has 0 fully saturated rings. The zero-order chi connectivity index (χ0) is 20.8. The minimum absolute atomic E-state index is 0.0681. The van der Waals surface area contributed by atoms with Gasteiger partial charge in [0.25, 0.3) is 0 Å². The molecule has 0 aliphatic rings. The van der Waals surface area contributed by atoms with E-state index in [9.17, 15) is 9.50 Å². The molecular weight excluding hydrogens is 317 g/mol. The molecule has 4 rings (SSSR count). The van der Waals surface area contributed by atoms with Crippen molar-refractivity contribution in [1.82, 2.24) is 14.5 Å². The van der Waals surface area contributed by atoms with Crippen LogP contribution in [0.1, 0.15) is 24.0 Å². The molecule has 0 bridgehead atoms. The summed E-state index contributed by atoms with van der Waals surface area (Å²) in [5.74, 6) is -0.566. The van der Waals surface area contributed by atoms with Crippen molar-refractivity contribution in [3.63, 3.8) is 0 Å². The first-order chi connectivity index (χ1) is 13.7. The maximum atomic E-state index is 14.0. The third kappa shape index (κ3) is 2.79. The number of imidazole rings is 1. The molecule has 4 aromatic rings. The lowest BCUT2D eigenvalue weighted by Crippen LogP contribution is -1.95. The van der Waals surface area contributed by atoms with Gasteiger partial charge < -0.3 is 5.11 Å². The highest BCUT2D eigenvalue weighted by Gasteiger charge is 2.10. The van der Waals surface area contributed by atoms with E-state index in [1.165, 1.54) is 18.3 Å². The van der Waals surface area contributed by atoms with Crippen LogP contribution in [0.5, 0.6) is 0 Å². The second-order valence-corrected chi connectivity index (χ2v) is 5.56. The average Bonchev–Trinajstić information content (AvgIpc) is 3.11. The summed E-state index contributed by atoms with van der Waals surface area (Å²) in [6, 6.07) is 14.9. The molecule has 2 aromatic carbocycles. The molecule has 1 N–H and O–H groups in total. The fourth-order valence-electron chi connectivity index (χ4n) is 2.79. The van der Waals surface area contributed by atoms with E-state index in [-0.39, 0.29) is 5.56 Å². The fraction of sp³-hybridized carbons (Fsp3) is 0.100. The number of benzene rings is 2. The Morgan fingerprint density at radius 1 is 1.16 bits per heavy atom. The number of rotatable bonds is 3. The smallest absolute Gasteiger partial charge is 0.220 e. The molecule has 0 saturated heterocycles. The van der Waals surface area contributed by atoms with Crippen molar-refractivity contribution in [2.45, 2.75) is 12.9 Å². The molecule has 0 aliphatic heterocycles. The third-order valence-corrected chi connectivity index (χ3v) is 4.02. The number of pyridine rings is 1. The Balaban J connectivity index is 1.79. The van der Waals surface area contributed by atoms with E-state index in [0.29, 0.717) is 22.2 Å². The predicted octanol–water partition coefficient (Wildman–Crippen LogP) is 4.28. The van der Waals surface area contributed by atoms with E-state index in [1.807, 2.05) is 6.07 Å². The van der Waals surface area contributed by atoms with E-state index in [4.69, 9.17) is 5.48 Å². The Labute approximate surface area is 149 Å². The number of nitrogens with zero attached hydrogens (tertiary/aromatic N) is 3. The molecule has 4 nitrogen and oxygen atoms in total. The molecule has 0 spiro atoms. The number of hydrogen-bond acceptors (Lipinski definition) is 3. The van der Waals surface area contributed by atoms with Gasteiger partial charge in [-0.25, -0.2) is 9.97 Å². The van der Waals surface area contributed by atoms with Crippen molar-refractivity contribution in [1.29, 1.82) is 0 Å². The quantitative estimate of drug-likeness (QED) is 0.568. The number of aliphatic hydroxyl groups is 1. The Hall–Kier alpha value is -3.05. The standard InChI is InChI=1S/C20H16FN3O/c1-13(25)14-7-8-19-18(11-14)23-12-24(19)16-5-2-4-15(10-16)17-6-3-9-22-20(17)21/h2-13,25H,1H3/i1D3,13D. The highest BCUT2D eigenvalue weighted by Crippen LogP contribution is 2.26. The molecule has 0 saturated carbocycles. The van der Waals surface area contributed by atoms with Gasteiger partial charge in [0, 0.05) is 21.6 Å². The molecule has 0 aliphatic carbocycles. The third-order valence-electron chi connectivity index (χ3n) is 4.02. The first kappa shape index (κ1) is 11.5. The minimum Gasteiger partial charge on any atom is -0.389 e. The summed E-state index contributed by atoms with van der Waals surface area (Å²) in [6.07, 6.45) is 0.199. The summed E-state index contributed by atoms with van der Waals surface area (Å²) >= 11 is 0. The number of aromatic nitrogens is 3. The van der Waals surface area contributed by atoms with Crippen LogP contribution >= 0.6 is 0 Å². The fourth-order valence-corrected chi connectivity index (χ4v) is 2.79. The second kappa shape index (κ2) is 6.11. The van der Waals surface area contributed by atoms with Gasteiger partial charge in [-0.1, -0.05) is 18.2 Å². The summed E-state index contributed by atoms with van der Waals surface area (Å²) in [6.45, 7) is -2.90. The van der Waals surface area contributed by atoms with E-state index in [1.54, 1.807) is 47.3 Å². The normalized spacial score (nSPS) is 16.6. The maximum Gasteiger partial charge on any atom is 0.220 e. The Morgan fingerprint density at radius 3 is 2.92 bits per heavy atom. The van der Waals surface area contributed by atoms with Crippen LogP contribution in [0.3, 0.4) is 0 Å². The van der Waals surface area contributed by atoms with E-state index in [0.717, 1.165) is 5.69 Å². The van der Waals surface area contributed by atoms with Gasteiger partial charge in [0.1, 0.15) is 6.33 Å². The zero-order valence-corrected chi connectivity index (χ0v) is 13.0. The topological polar surface area (TPSA) is 50.9 Å². The van der Waals surface area contributed by atoms with Gasteiger partial charge in [0.2, 0.25) is 5.95 Å². The van der Waals surface area contributed by atoms with Gasteiger partial charge in [-0.05, 0) is 54.4 Å². The van der Waals surface area contributed by atoms with Crippen LogP contribution in [0, 0.1) is 5.95 Å². The van der Waals surface area contributed by atoms with Crippen molar-refractivity contribution < 1.29 is 15.0 Å². The number of fused-ring (bicyclic) bond motifs is 1. The molecule has 0 radical (unpaired) electrons. The molecule has 2 heterocycles. The largest absolute Gasteiger partial charge is 0.389 e. The number of halogens is 1. The minimum atomic E-state index is -2.90. The van der Waals surface area contributed by atoms with Gasteiger partial charge in [-0.2, -0.15) is 4.39 Å². The molecule has 1 atom stereocenters. The van der Waals surface area contributed by atoms with E-state index < -0.39 is 18.9 Å². The Kier molecular flexibility index (Phi) is 2.81. The lowest BCUT2D eigenvalue weighted by Gasteiger charge is -2.09. The summed E-state index contributed by atoms with van der Waals surface area (Å²) in [7, 11) is 0. The Morgan fingerprint density at radius 2 is 2.08 bits per heavy atom. The number of hydrogen-bond donors (Lipinski definition) is 1. The predicted molar refractivity (Wildman–Crippen MR) is 94.9 cm³/mol. The van der Waals surface area contributed by atoms with Gasteiger partial charge in [-0.15, -0.1) is 0 Å². The summed E-state index contributed by atoms with van der Waals surface area (Å²) in [4.78, 5) is 7.95. The van der Waals surface area contributed by atoms with Crippen LogP contribution in [0.25, 0.3) is 27.8 Å². The summed E-state index contributed by atoms with van der Waals surface area (Å²) < 4.78 is 45.8.